The van der Waals surface area contributed by atoms with Crippen molar-refractivity contribution < 1.29 is 14.0 Å². The molecule has 0 saturated carbocycles. The van der Waals surface area contributed by atoms with Gasteiger partial charge in [0.1, 0.15) is 5.58 Å². The van der Waals surface area contributed by atoms with Crippen molar-refractivity contribution in [1.82, 2.24) is 4.31 Å². The third-order valence-electron chi connectivity index (χ3n) is 6.29. The second-order valence-corrected chi connectivity index (χ2v) is 10.6. The number of hydrogen-bond donors (Lipinski definition) is 2. The maximum atomic E-state index is 13.1. The lowest BCUT2D eigenvalue weighted by Crippen LogP contribution is -2.23. The Kier molecular flexibility index (Phi) is 9.39. The predicted molar refractivity (Wildman–Crippen MR) is 158 cm³/mol. The van der Waals surface area contributed by atoms with Crippen molar-refractivity contribution in [3.8, 4) is 11.1 Å². The Bertz CT molecular complexity index is 1470. The van der Waals surface area contributed by atoms with Gasteiger partial charge in [-0.1, -0.05) is 65.8 Å². The van der Waals surface area contributed by atoms with Gasteiger partial charge in [0.2, 0.25) is 11.7 Å². The number of halogens is 2. The monoisotopic (exact) mass is 569 g/mol. The average Bonchev–Trinajstić information content (AvgIpc) is 3.25. The summed E-state index contributed by atoms with van der Waals surface area (Å²) >= 11 is 13.6. The van der Waals surface area contributed by atoms with Crippen LogP contribution in [0, 0.1) is 0 Å². The number of amides is 1. The largest absolute Gasteiger partial charge is 0.450 e. The number of ketones is 1. The van der Waals surface area contributed by atoms with Gasteiger partial charge < -0.3 is 15.9 Å². The van der Waals surface area contributed by atoms with E-state index in [0.717, 1.165) is 36.0 Å². The zero-order valence-corrected chi connectivity index (χ0v) is 23.3. The van der Waals surface area contributed by atoms with Crippen LogP contribution in [0.25, 0.3) is 22.1 Å². The first kappa shape index (κ1) is 28.0. The fourth-order valence-corrected chi connectivity index (χ4v) is 5.32. The summed E-state index contributed by atoms with van der Waals surface area (Å²) in [5, 5.41) is 1.31. The molecule has 0 saturated heterocycles. The van der Waals surface area contributed by atoms with Crippen LogP contribution >= 0.6 is 35.1 Å². The molecule has 0 unspecified atom stereocenters. The molecule has 0 fully saturated rings. The molecular formula is C29H29Cl2N3O3S. The van der Waals surface area contributed by atoms with Crippen LogP contribution in [-0.4, -0.2) is 28.8 Å². The lowest BCUT2D eigenvalue weighted by atomic mass is 10.0. The molecule has 0 aliphatic rings. The number of fused-ring (bicyclic) bond motifs is 1. The molecule has 6 nitrogen and oxygen atoms in total. The molecule has 1 aromatic heterocycles. The Balaban J connectivity index is 1.56. The van der Waals surface area contributed by atoms with E-state index in [1.54, 1.807) is 16.4 Å². The van der Waals surface area contributed by atoms with Crippen molar-refractivity contribution >= 4 is 63.5 Å². The second-order valence-electron chi connectivity index (χ2n) is 8.92. The van der Waals surface area contributed by atoms with Crippen LogP contribution in [0.1, 0.15) is 47.4 Å². The summed E-state index contributed by atoms with van der Waals surface area (Å²) in [5.41, 5.74) is 15.7. The molecule has 0 radical (unpaired) electrons. The topological polar surface area (TPSA) is 103 Å². The Morgan fingerprint density at radius 1 is 0.974 bits per heavy atom. The molecule has 0 bridgehead atoms. The maximum absolute atomic E-state index is 13.1. The summed E-state index contributed by atoms with van der Waals surface area (Å²) in [6.07, 6.45) is 5.16. The van der Waals surface area contributed by atoms with Crippen LogP contribution in [0.15, 0.2) is 65.1 Å². The fourth-order valence-electron chi connectivity index (χ4n) is 4.25. The van der Waals surface area contributed by atoms with Gasteiger partial charge in [-0.3, -0.25) is 13.9 Å². The number of unbranched alkanes of at least 4 members (excludes halogenated alkanes) is 2. The molecule has 4 aromatic rings. The number of nitrogens with zero attached hydrogens (tertiary/aromatic N) is 1. The van der Waals surface area contributed by atoms with Crippen molar-refractivity contribution in [2.45, 2.75) is 32.2 Å². The van der Waals surface area contributed by atoms with Crippen LogP contribution in [0.2, 0.25) is 10.0 Å². The van der Waals surface area contributed by atoms with Gasteiger partial charge in [-0.25, -0.2) is 0 Å². The van der Waals surface area contributed by atoms with Crippen LogP contribution in [0.3, 0.4) is 0 Å². The SMILES string of the molecule is CSN(Cc1cccc(-c2ccc3c(N)c(C(=O)c4ccc(Cl)cc4Cl)oc3c2)c1)C(=O)CCCCCN. The Morgan fingerprint density at radius 2 is 1.76 bits per heavy atom. The van der Waals surface area contributed by atoms with E-state index in [-0.39, 0.29) is 27.9 Å². The summed E-state index contributed by atoms with van der Waals surface area (Å²) in [4.78, 5) is 25.8. The molecule has 0 aliphatic heterocycles. The molecule has 1 heterocycles. The molecule has 1 amide bonds. The van der Waals surface area contributed by atoms with Gasteiger partial charge in [0.05, 0.1) is 17.3 Å². The third kappa shape index (κ3) is 6.35. The van der Waals surface area contributed by atoms with Crippen molar-refractivity contribution in [2.75, 3.05) is 18.5 Å². The average molecular weight is 571 g/mol. The first-order chi connectivity index (χ1) is 18.3. The van der Waals surface area contributed by atoms with Crippen LogP contribution < -0.4 is 11.5 Å². The van der Waals surface area contributed by atoms with Crippen LogP contribution in [0.5, 0.6) is 0 Å². The normalized spacial score (nSPS) is 11.2. The highest BCUT2D eigenvalue weighted by Crippen LogP contribution is 2.35. The van der Waals surface area contributed by atoms with Gasteiger partial charge in [0.15, 0.2) is 5.76 Å². The predicted octanol–water partition coefficient (Wildman–Crippen LogP) is 7.35. The Morgan fingerprint density at radius 3 is 2.50 bits per heavy atom. The summed E-state index contributed by atoms with van der Waals surface area (Å²) < 4.78 is 7.72. The second kappa shape index (κ2) is 12.7. The van der Waals surface area contributed by atoms with Crippen molar-refractivity contribution in [1.29, 1.82) is 0 Å². The Hall–Kier alpha value is -2.97. The number of benzene rings is 3. The van der Waals surface area contributed by atoms with Gasteiger partial charge in [0, 0.05) is 28.6 Å². The van der Waals surface area contributed by atoms with Crippen molar-refractivity contribution in [3.05, 3.63) is 87.6 Å². The summed E-state index contributed by atoms with van der Waals surface area (Å²) in [7, 11) is 0. The molecule has 4 N–H and O–H groups in total. The zero-order chi connectivity index (χ0) is 27.2. The minimum Gasteiger partial charge on any atom is -0.450 e. The van der Waals surface area contributed by atoms with Crippen molar-refractivity contribution in [3.63, 3.8) is 0 Å². The van der Waals surface area contributed by atoms with Gasteiger partial charge >= 0.3 is 0 Å². The van der Waals surface area contributed by atoms with Crippen LogP contribution in [0.4, 0.5) is 5.69 Å². The molecular weight excluding hydrogens is 541 g/mol. The highest BCUT2D eigenvalue weighted by molar-refractivity contribution is 7.96. The summed E-state index contributed by atoms with van der Waals surface area (Å²) in [5.74, 6) is -0.255. The van der Waals surface area contributed by atoms with E-state index in [4.69, 9.17) is 39.1 Å². The summed E-state index contributed by atoms with van der Waals surface area (Å²) in [6.45, 7) is 1.15. The highest BCUT2D eigenvalue weighted by atomic mass is 35.5. The molecule has 9 heteroatoms. The molecule has 3 aromatic carbocycles. The lowest BCUT2D eigenvalue weighted by Gasteiger charge is -2.20. The van der Waals surface area contributed by atoms with Gasteiger partial charge in [-0.15, -0.1) is 0 Å². The van der Waals surface area contributed by atoms with E-state index in [0.29, 0.717) is 35.5 Å². The molecule has 0 atom stereocenters. The van der Waals surface area contributed by atoms with Crippen molar-refractivity contribution in [2.24, 2.45) is 5.73 Å². The Labute approximate surface area is 236 Å². The number of anilines is 1. The highest BCUT2D eigenvalue weighted by Gasteiger charge is 2.22. The van der Waals surface area contributed by atoms with E-state index in [9.17, 15) is 9.59 Å². The molecule has 4 rings (SSSR count). The minimum atomic E-state index is -0.409. The van der Waals surface area contributed by atoms with E-state index in [1.807, 2.05) is 42.7 Å². The van der Waals surface area contributed by atoms with Crippen LogP contribution in [-0.2, 0) is 11.3 Å². The van der Waals surface area contributed by atoms with E-state index in [1.165, 1.54) is 18.0 Å². The molecule has 0 spiro atoms. The van der Waals surface area contributed by atoms with E-state index in [2.05, 4.69) is 6.07 Å². The van der Waals surface area contributed by atoms with E-state index < -0.39 is 5.78 Å². The van der Waals surface area contributed by atoms with Gasteiger partial charge in [0.25, 0.3) is 0 Å². The van der Waals surface area contributed by atoms with Gasteiger partial charge in [-0.2, -0.15) is 0 Å². The number of carbonyl (C=O) groups is 2. The first-order valence-corrected chi connectivity index (χ1v) is 14.2. The number of carbonyl (C=O) groups excluding carboxylic acids is 2. The molecule has 0 aliphatic carbocycles. The number of furan rings is 1. The number of rotatable bonds is 11. The lowest BCUT2D eigenvalue weighted by molar-refractivity contribution is -0.126. The standard InChI is InChI=1S/C29H29Cl2N3O3S/c1-38-34(26(35)8-3-2-4-13-32)17-18-6-5-7-19(14-18)20-9-11-23-25(15-20)37-29(27(23)33)28(36)22-12-10-21(30)16-24(22)31/h5-7,9-12,14-16H,2-4,8,13,17,32-33H2,1H3. The maximum Gasteiger partial charge on any atom is 0.232 e. The fraction of sp³-hybridized carbons (Fsp3) is 0.241. The first-order valence-electron chi connectivity index (χ1n) is 12.3. The summed E-state index contributed by atoms with van der Waals surface area (Å²) in [6, 6.07) is 18.3. The zero-order valence-electron chi connectivity index (χ0n) is 21.0. The smallest absolute Gasteiger partial charge is 0.232 e. The molecule has 38 heavy (non-hydrogen) atoms. The quantitative estimate of drug-likeness (QED) is 0.111. The third-order valence-corrected chi connectivity index (χ3v) is 7.61. The minimum absolute atomic E-state index is 0.0377. The number of hydrogen-bond acceptors (Lipinski definition) is 6. The van der Waals surface area contributed by atoms with E-state index >= 15 is 0 Å². The number of nitrogens with two attached hydrogens (primary N) is 2. The number of nitrogen functional groups attached to an aromatic ring is 1. The van der Waals surface area contributed by atoms with Gasteiger partial charge in [-0.05, 0) is 72.5 Å². The molecule has 198 valence electrons.